The Morgan fingerprint density at radius 1 is 1.11 bits per heavy atom. The maximum absolute atomic E-state index is 14.2. The van der Waals surface area contributed by atoms with E-state index >= 15 is 0 Å². The fraction of sp³-hybridized carbons (Fsp3) is 0.367. The van der Waals surface area contributed by atoms with E-state index in [1.807, 2.05) is 0 Å². The van der Waals surface area contributed by atoms with Gasteiger partial charge < -0.3 is 46.1 Å². The van der Waals surface area contributed by atoms with Crippen molar-refractivity contribution in [3.05, 3.63) is 41.4 Å². The molecule has 1 aromatic heterocycles. The number of nitrogens with one attached hydrogen (secondary N) is 3. The van der Waals surface area contributed by atoms with E-state index in [4.69, 9.17) is 15.3 Å². The SMILES string of the molecule is CCN1CCN(C(=O)NC(C(=O)N[C@]2(NC=O)C(=O)N3C(C(=O)[O-])=C(CSc4nncn4N)CS[C@H]32)c2ccc(OC(C)=O)c(OC(C)=O)c2)C(=O)C1=O.[Na+]. The summed E-state index contributed by atoms with van der Waals surface area (Å²) in [6, 6.07) is 0.352. The molecule has 3 atom stereocenters. The van der Waals surface area contributed by atoms with Crippen LogP contribution in [0.3, 0.4) is 0 Å². The number of esters is 2. The number of β-lactam (4-membered cyclic amide) rings is 1. The topological polar surface area (TPSA) is 298 Å². The standard InChI is InChI=1S/C30H32N10O12S2.Na/c1-4-37-7-8-38(24(46)23(37)45)28(50)34-20(16-5-6-18(51-14(2)42)19(9-16)52-15(3)43)22(44)35-30(32-13-41)26(49)40-21(25(47)48)17(10-53-27(30)40)11-54-29-36-33-12-39(29)31;/h5-6,9,12-13,20,27H,4,7-8,10-11,31H2,1-3H3,(H,32,41)(H,34,50)(H,35,44)(H,47,48);/q;+1/p-1/t20?,27-,30+;/m0./s1. The smallest absolute Gasteiger partial charge is 0.543 e. The maximum Gasteiger partial charge on any atom is 1.00 e. The number of carboxylic acids is 1. The van der Waals surface area contributed by atoms with Gasteiger partial charge in [0, 0.05) is 45.0 Å². The van der Waals surface area contributed by atoms with E-state index in [1.165, 1.54) is 17.3 Å². The second kappa shape index (κ2) is 17.5. The average molecular weight is 811 g/mol. The summed E-state index contributed by atoms with van der Waals surface area (Å²) in [5.74, 6) is -2.68. The zero-order valence-corrected chi connectivity index (χ0v) is 33.2. The van der Waals surface area contributed by atoms with Crippen LogP contribution in [0, 0.1) is 0 Å². The summed E-state index contributed by atoms with van der Waals surface area (Å²) in [7, 11) is 0. The van der Waals surface area contributed by atoms with Crippen molar-refractivity contribution in [1.29, 1.82) is 0 Å². The van der Waals surface area contributed by atoms with Crippen LogP contribution in [0.1, 0.15) is 32.4 Å². The van der Waals surface area contributed by atoms with Gasteiger partial charge in [0.05, 0.1) is 11.7 Å². The minimum atomic E-state index is -2.28. The molecule has 286 valence electrons. The minimum absolute atomic E-state index is 0. The number of benzene rings is 1. The molecule has 1 unspecified atom stereocenters. The molecule has 3 aliphatic heterocycles. The predicted octanol–water partition coefficient (Wildman–Crippen LogP) is -6.44. The number of fused-ring (bicyclic) bond motifs is 1. The zero-order valence-electron chi connectivity index (χ0n) is 29.6. The molecule has 0 aliphatic carbocycles. The van der Waals surface area contributed by atoms with Crippen LogP contribution in [0.4, 0.5) is 4.79 Å². The number of nitrogens with two attached hydrogens (primary N) is 1. The zero-order chi connectivity index (χ0) is 39.5. The Labute approximate surface area is 341 Å². The number of carboxylic acid groups (broad SMARTS) is 1. The fourth-order valence-electron chi connectivity index (χ4n) is 5.70. The van der Waals surface area contributed by atoms with Crippen LogP contribution in [0.25, 0.3) is 0 Å². The molecule has 4 heterocycles. The van der Waals surface area contributed by atoms with Gasteiger partial charge in [-0.05, 0) is 30.2 Å². The van der Waals surface area contributed by atoms with Crippen molar-refractivity contribution in [2.45, 2.75) is 43.0 Å². The summed E-state index contributed by atoms with van der Waals surface area (Å²) in [5.41, 5.74) is -2.70. The number of rotatable bonds is 13. The Morgan fingerprint density at radius 3 is 2.40 bits per heavy atom. The van der Waals surface area contributed by atoms with Gasteiger partial charge in [-0.3, -0.25) is 43.4 Å². The first-order valence-electron chi connectivity index (χ1n) is 15.7. The molecular formula is C30H31N10NaO12S2. The molecule has 3 aliphatic rings. The summed E-state index contributed by atoms with van der Waals surface area (Å²) in [6.45, 7) is 3.71. The van der Waals surface area contributed by atoms with Crippen molar-refractivity contribution < 1.29 is 87.3 Å². The van der Waals surface area contributed by atoms with Crippen LogP contribution >= 0.6 is 23.5 Å². The first-order chi connectivity index (χ1) is 25.6. The summed E-state index contributed by atoms with van der Waals surface area (Å²) >= 11 is 2.02. The van der Waals surface area contributed by atoms with Crippen LogP contribution in [0.15, 0.2) is 41.0 Å². The summed E-state index contributed by atoms with van der Waals surface area (Å²) < 4.78 is 11.4. The molecule has 0 spiro atoms. The molecule has 25 heteroatoms. The van der Waals surface area contributed by atoms with Gasteiger partial charge >= 0.3 is 59.3 Å². The molecule has 2 aromatic rings. The van der Waals surface area contributed by atoms with Crippen molar-refractivity contribution in [1.82, 2.24) is 45.5 Å². The van der Waals surface area contributed by atoms with Crippen molar-refractivity contribution in [3.63, 3.8) is 0 Å². The molecular weight excluding hydrogens is 780 g/mol. The molecule has 1 aromatic carbocycles. The first kappa shape index (κ1) is 42.6. The largest absolute Gasteiger partial charge is 1.00 e. The Bertz CT molecular complexity index is 2000. The third-order valence-electron chi connectivity index (χ3n) is 8.14. The van der Waals surface area contributed by atoms with Gasteiger partial charge in [-0.15, -0.1) is 22.0 Å². The summed E-state index contributed by atoms with van der Waals surface area (Å²) in [4.78, 5) is 118. The van der Waals surface area contributed by atoms with Gasteiger partial charge in [0.25, 0.3) is 5.91 Å². The van der Waals surface area contributed by atoms with E-state index in [-0.39, 0.29) is 94.9 Å². The fourth-order valence-corrected chi connectivity index (χ4v) is 8.10. The molecule has 0 radical (unpaired) electrons. The maximum atomic E-state index is 14.2. The number of nitrogens with zero attached hydrogens (tertiary/aromatic N) is 6. The van der Waals surface area contributed by atoms with Gasteiger partial charge in [0.1, 0.15) is 17.7 Å². The second-order valence-corrected chi connectivity index (χ2v) is 13.6. The average Bonchev–Trinajstić information content (AvgIpc) is 3.54. The molecule has 22 nitrogen and oxygen atoms in total. The van der Waals surface area contributed by atoms with Gasteiger partial charge in [-0.1, -0.05) is 17.8 Å². The molecule has 0 bridgehead atoms. The number of urea groups is 1. The third-order valence-corrected chi connectivity index (χ3v) is 10.6. The van der Waals surface area contributed by atoms with Crippen LogP contribution in [-0.4, -0.2) is 126 Å². The number of imide groups is 1. The first-order valence-corrected chi connectivity index (χ1v) is 17.8. The normalized spacial score (nSPS) is 19.7. The summed E-state index contributed by atoms with van der Waals surface area (Å²) in [5, 5.41) is 25.9. The number of thioether (sulfide) groups is 2. The number of amides is 7. The second-order valence-electron chi connectivity index (χ2n) is 11.6. The third kappa shape index (κ3) is 8.56. The molecule has 5 N–H and O–H groups in total. The van der Waals surface area contributed by atoms with Crippen LogP contribution in [0.5, 0.6) is 11.5 Å². The van der Waals surface area contributed by atoms with E-state index in [2.05, 4.69) is 26.1 Å². The Morgan fingerprint density at radius 2 is 1.80 bits per heavy atom. The number of hydrogen-bond donors (Lipinski definition) is 4. The molecule has 7 amide bonds. The number of carbonyl (C=O) groups excluding carboxylic acids is 9. The van der Waals surface area contributed by atoms with E-state index < -0.39 is 70.3 Å². The number of likely N-dealkylation sites (N-methyl/N-ethyl adjacent to an activating group) is 1. The molecule has 5 rings (SSSR count). The van der Waals surface area contributed by atoms with E-state index in [0.717, 1.165) is 59.1 Å². The minimum Gasteiger partial charge on any atom is -0.543 e. The Hall–Kier alpha value is -5.17. The summed E-state index contributed by atoms with van der Waals surface area (Å²) in [6.07, 6.45) is 1.34. The van der Waals surface area contributed by atoms with Gasteiger partial charge in [0.15, 0.2) is 11.5 Å². The van der Waals surface area contributed by atoms with Gasteiger partial charge in [-0.2, -0.15) is 0 Å². The Kier molecular flexibility index (Phi) is 13.6. The number of hydrogen-bond acceptors (Lipinski definition) is 17. The molecule has 2 saturated heterocycles. The number of nitrogen functional groups attached to an aromatic ring is 1. The quantitative estimate of drug-likeness (QED) is 0.0168. The van der Waals surface area contributed by atoms with Crippen LogP contribution < -0.4 is 65.9 Å². The molecule has 55 heavy (non-hydrogen) atoms. The van der Waals surface area contributed by atoms with Gasteiger partial charge in [-0.25, -0.2) is 9.47 Å². The van der Waals surface area contributed by atoms with Crippen LogP contribution in [0.2, 0.25) is 0 Å². The number of carbonyl (C=O) groups is 9. The van der Waals surface area contributed by atoms with Crippen molar-refractivity contribution in [2.75, 3.05) is 37.0 Å². The number of aliphatic carboxylic acids is 1. The van der Waals surface area contributed by atoms with Crippen molar-refractivity contribution in [2.24, 2.45) is 0 Å². The number of ether oxygens (including phenoxy) is 2. The van der Waals surface area contributed by atoms with E-state index in [0.29, 0.717) is 4.90 Å². The van der Waals surface area contributed by atoms with E-state index in [9.17, 15) is 48.3 Å². The number of aromatic nitrogens is 3. The molecule has 0 saturated carbocycles. The van der Waals surface area contributed by atoms with Crippen molar-refractivity contribution in [3.8, 4) is 11.5 Å². The van der Waals surface area contributed by atoms with E-state index in [1.54, 1.807) is 6.92 Å². The van der Waals surface area contributed by atoms with Crippen molar-refractivity contribution >= 4 is 77.5 Å². The monoisotopic (exact) mass is 810 g/mol. The Balaban J connectivity index is 0.00000673. The number of piperazine rings is 1. The predicted molar refractivity (Wildman–Crippen MR) is 180 cm³/mol. The van der Waals surface area contributed by atoms with Crippen LogP contribution in [-0.2, 0) is 38.4 Å². The molecule has 2 fully saturated rings. The van der Waals surface area contributed by atoms with Gasteiger partial charge in [0.2, 0.25) is 23.1 Å².